The van der Waals surface area contributed by atoms with Crippen LogP contribution in [-0.4, -0.2) is 60.5 Å². The first kappa shape index (κ1) is 23.2. The molecule has 0 spiro atoms. The molecular formula is C23H38N4O2. The molecule has 2 rings (SSSR count). The van der Waals surface area contributed by atoms with E-state index in [1.165, 1.54) is 19.3 Å². The molecule has 1 unspecified atom stereocenters. The quantitative estimate of drug-likeness (QED) is 0.666. The van der Waals surface area contributed by atoms with E-state index in [1.807, 2.05) is 30.3 Å². The van der Waals surface area contributed by atoms with Gasteiger partial charge in [0, 0.05) is 45.2 Å². The first-order chi connectivity index (χ1) is 13.8. The fourth-order valence-corrected chi connectivity index (χ4v) is 3.81. The summed E-state index contributed by atoms with van der Waals surface area (Å²) in [5.41, 5.74) is 1.02. The molecule has 162 valence electrons. The second kappa shape index (κ2) is 11.2. The third-order valence-corrected chi connectivity index (χ3v) is 5.91. The van der Waals surface area contributed by atoms with Gasteiger partial charge in [-0.15, -0.1) is 0 Å². The number of carbonyl (C=O) groups is 2. The zero-order chi connectivity index (χ0) is 21.3. The smallest absolute Gasteiger partial charge is 0.317 e. The highest BCUT2D eigenvalue weighted by Crippen LogP contribution is 2.25. The number of nitrogens with zero attached hydrogens (tertiary/aromatic N) is 2. The summed E-state index contributed by atoms with van der Waals surface area (Å²) in [6, 6.07) is 9.68. The third kappa shape index (κ3) is 7.69. The van der Waals surface area contributed by atoms with E-state index in [0.717, 1.165) is 24.6 Å². The number of carbonyl (C=O) groups excluding carboxylic acids is 2. The van der Waals surface area contributed by atoms with Gasteiger partial charge in [-0.25, -0.2) is 4.79 Å². The normalized spacial score (nSPS) is 17.6. The van der Waals surface area contributed by atoms with Crippen molar-refractivity contribution in [3.63, 3.8) is 0 Å². The van der Waals surface area contributed by atoms with Crippen LogP contribution >= 0.6 is 0 Å². The van der Waals surface area contributed by atoms with Crippen molar-refractivity contribution < 1.29 is 9.59 Å². The summed E-state index contributed by atoms with van der Waals surface area (Å²) in [6.45, 7) is 10.4. The molecule has 29 heavy (non-hydrogen) atoms. The Balaban J connectivity index is 1.66. The molecule has 1 aromatic rings. The number of piperidine rings is 1. The Morgan fingerprint density at radius 3 is 2.62 bits per heavy atom. The van der Waals surface area contributed by atoms with Gasteiger partial charge in [-0.05, 0) is 44.7 Å². The molecule has 1 fully saturated rings. The molecule has 0 aromatic heterocycles. The van der Waals surface area contributed by atoms with E-state index >= 15 is 0 Å². The molecule has 0 saturated carbocycles. The molecule has 1 aromatic carbocycles. The Labute approximate surface area is 176 Å². The van der Waals surface area contributed by atoms with Crippen molar-refractivity contribution in [1.29, 1.82) is 0 Å². The molecule has 0 aliphatic carbocycles. The Bertz CT molecular complexity index is 648. The van der Waals surface area contributed by atoms with Crippen molar-refractivity contribution in [2.45, 2.75) is 58.5 Å². The number of hydrogen-bond donors (Lipinski definition) is 2. The zero-order valence-corrected chi connectivity index (χ0v) is 18.5. The van der Waals surface area contributed by atoms with E-state index in [0.29, 0.717) is 26.1 Å². The van der Waals surface area contributed by atoms with Gasteiger partial charge < -0.3 is 15.5 Å². The molecular weight excluding hydrogens is 364 g/mol. The number of amides is 3. The molecule has 0 radical (unpaired) electrons. The predicted octanol–water partition coefficient (Wildman–Crippen LogP) is 3.23. The monoisotopic (exact) mass is 402 g/mol. The number of rotatable bonds is 9. The van der Waals surface area contributed by atoms with Crippen molar-refractivity contribution in [2.75, 3.05) is 33.2 Å². The fraction of sp³-hybridized carbons (Fsp3) is 0.652. The van der Waals surface area contributed by atoms with Crippen LogP contribution < -0.4 is 10.6 Å². The minimum atomic E-state index is -0.166. The van der Waals surface area contributed by atoms with Gasteiger partial charge in [-0.3, -0.25) is 9.69 Å². The summed E-state index contributed by atoms with van der Waals surface area (Å²) in [5.74, 6) is 0.745. The van der Waals surface area contributed by atoms with Crippen LogP contribution in [0.4, 0.5) is 4.79 Å². The molecule has 3 amide bonds. The molecule has 1 saturated heterocycles. The summed E-state index contributed by atoms with van der Waals surface area (Å²) >= 11 is 0. The molecule has 2 N–H and O–H groups in total. The minimum absolute atomic E-state index is 0.0202. The number of hydrogen-bond acceptors (Lipinski definition) is 3. The number of urea groups is 1. The van der Waals surface area contributed by atoms with E-state index in [9.17, 15) is 9.59 Å². The van der Waals surface area contributed by atoms with Gasteiger partial charge in [0.05, 0.1) is 0 Å². The van der Waals surface area contributed by atoms with Crippen LogP contribution in [0, 0.1) is 5.92 Å². The van der Waals surface area contributed by atoms with Gasteiger partial charge in [0.2, 0.25) is 5.91 Å². The highest BCUT2D eigenvalue weighted by molar-refractivity contribution is 5.78. The molecule has 1 atom stereocenters. The lowest BCUT2D eigenvalue weighted by molar-refractivity contribution is -0.121. The average Bonchev–Trinajstić information content (AvgIpc) is 2.73. The largest absolute Gasteiger partial charge is 0.354 e. The van der Waals surface area contributed by atoms with Gasteiger partial charge in [-0.1, -0.05) is 43.7 Å². The molecule has 0 bridgehead atoms. The summed E-state index contributed by atoms with van der Waals surface area (Å²) in [7, 11) is 1.76. The van der Waals surface area contributed by atoms with Crippen molar-refractivity contribution in [3.05, 3.63) is 35.9 Å². The average molecular weight is 403 g/mol. The number of benzene rings is 1. The Kier molecular flexibility index (Phi) is 8.96. The zero-order valence-electron chi connectivity index (χ0n) is 18.5. The van der Waals surface area contributed by atoms with Crippen LogP contribution in [0.5, 0.6) is 0 Å². The minimum Gasteiger partial charge on any atom is -0.354 e. The summed E-state index contributed by atoms with van der Waals surface area (Å²) < 4.78 is 0. The number of nitrogens with one attached hydrogen (secondary N) is 2. The van der Waals surface area contributed by atoms with Crippen LogP contribution in [-0.2, 0) is 11.3 Å². The van der Waals surface area contributed by atoms with Gasteiger partial charge in [0.1, 0.15) is 0 Å². The van der Waals surface area contributed by atoms with Crippen molar-refractivity contribution in [2.24, 2.45) is 5.92 Å². The van der Waals surface area contributed by atoms with Crippen molar-refractivity contribution in [1.82, 2.24) is 20.4 Å². The fourth-order valence-electron chi connectivity index (χ4n) is 3.81. The topological polar surface area (TPSA) is 64.7 Å². The highest BCUT2D eigenvalue weighted by Gasteiger charge is 2.31. The van der Waals surface area contributed by atoms with E-state index < -0.39 is 0 Å². The van der Waals surface area contributed by atoms with Gasteiger partial charge in [0.25, 0.3) is 0 Å². The lowest BCUT2D eigenvalue weighted by Gasteiger charge is -2.43. The van der Waals surface area contributed by atoms with Gasteiger partial charge in [0.15, 0.2) is 0 Å². The maximum Gasteiger partial charge on any atom is 0.317 e. The van der Waals surface area contributed by atoms with Crippen molar-refractivity contribution >= 4 is 11.9 Å². The van der Waals surface area contributed by atoms with Crippen LogP contribution in [0.1, 0.15) is 52.0 Å². The molecule has 6 heteroatoms. The van der Waals surface area contributed by atoms with Crippen LogP contribution in [0.2, 0.25) is 0 Å². The van der Waals surface area contributed by atoms with E-state index in [-0.39, 0.29) is 17.5 Å². The summed E-state index contributed by atoms with van der Waals surface area (Å²) in [5, 5.41) is 5.87. The van der Waals surface area contributed by atoms with Crippen LogP contribution in [0.3, 0.4) is 0 Å². The lowest BCUT2D eigenvalue weighted by atomic mass is 9.91. The molecule has 1 aliphatic rings. The third-order valence-electron chi connectivity index (χ3n) is 5.91. The first-order valence-corrected chi connectivity index (χ1v) is 10.9. The van der Waals surface area contributed by atoms with Gasteiger partial charge >= 0.3 is 6.03 Å². The van der Waals surface area contributed by atoms with Crippen LogP contribution in [0.25, 0.3) is 0 Å². The summed E-state index contributed by atoms with van der Waals surface area (Å²) in [4.78, 5) is 28.6. The SMILES string of the molecule is CCC1CCCN(C(C)(C)CNC(=O)CCNC(=O)N(C)Cc2ccccc2)C1. The molecule has 1 heterocycles. The molecule has 1 aliphatic heterocycles. The lowest BCUT2D eigenvalue weighted by Crippen LogP contribution is -2.55. The second-order valence-electron chi connectivity index (χ2n) is 8.78. The van der Waals surface area contributed by atoms with E-state index in [1.54, 1.807) is 11.9 Å². The van der Waals surface area contributed by atoms with E-state index in [4.69, 9.17) is 0 Å². The second-order valence-corrected chi connectivity index (χ2v) is 8.78. The van der Waals surface area contributed by atoms with Crippen molar-refractivity contribution in [3.8, 4) is 0 Å². The predicted molar refractivity (Wildman–Crippen MR) is 118 cm³/mol. The van der Waals surface area contributed by atoms with E-state index in [2.05, 4.69) is 36.3 Å². The molecule has 6 nitrogen and oxygen atoms in total. The Morgan fingerprint density at radius 1 is 1.21 bits per heavy atom. The Hall–Kier alpha value is -2.08. The maximum atomic E-state index is 12.2. The first-order valence-electron chi connectivity index (χ1n) is 10.9. The highest BCUT2D eigenvalue weighted by atomic mass is 16.2. The summed E-state index contributed by atoms with van der Waals surface area (Å²) in [6.07, 6.45) is 4.06. The maximum absolute atomic E-state index is 12.2. The van der Waals surface area contributed by atoms with Gasteiger partial charge in [-0.2, -0.15) is 0 Å². The standard InChI is InChI=1S/C23H38N4O2/c1-5-19-12-9-15-27(17-19)23(2,3)18-25-21(28)13-14-24-22(29)26(4)16-20-10-7-6-8-11-20/h6-8,10-11,19H,5,9,12-18H2,1-4H3,(H,24,29)(H,25,28). The number of likely N-dealkylation sites (tertiary alicyclic amines) is 1. The van der Waals surface area contributed by atoms with Crippen LogP contribution in [0.15, 0.2) is 30.3 Å². The Morgan fingerprint density at radius 2 is 1.93 bits per heavy atom.